The summed E-state index contributed by atoms with van der Waals surface area (Å²) in [6.07, 6.45) is 6.69. The SMILES string of the molecule is C=C/C(=C\C(C)N/C(C=N)=C(\C)C=O)CC. The molecule has 0 aromatic heterocycles. The van der Waals surface area contributed by atoms with E-state index in [2.05, 4.69) is 18.8 Å². The monoisotopic (exact) mass is 220 g/mol. The highest BCUT2D eigenvalue weighted by Crippen LogP contribution is 2.05. The van der Waals surface area contributed by atoms with Gasteiger partial charge in [-0.15, -0.1) is 0 Å². The van der Waals surface area contributed by atoms with Crippen LogP contribution in [0, 0.1) is 5.41 Å². The average molecular weight is 220 g/mol. The molecule has 0 bridgehead atoms. The second-order valence-electron chi connectivity index (χ2n) is 3.59. The first-order chi connectivity index (χ1) is 7.58. The maximum atomic E-state index is 10.6. The van der Waals surface area contributed by atoms with Gasteiger partial charge in [-0.1, -0.05) is 31.2 Å². The second kappa shape index (κ2) is 7.63. The fourth-order valence-corrected chi connectivity index (χ4v) is 1.27. The van der Waals surface area contributed by atoms with Gasteiger partial charge in [0.2, 0.25) is 0 Å². The van der Waals surface area contributed by atoms with Gasteiger partial charge in [-0.3, -0.25) is 4.79 Å². The van der Waals surface area contributed by atoms with Gasteiger partial charge in [0, 0.05) is 17.8 Å². The van der Waals surface area contributed by atoms with E-state index in [0.717, 1.165) is 24.5 Å². The summed E-state index contributed by atoms with van der Waals surface area (Å²) in [5.74, 6) is 0. The van der Waals surface area contributed by atoms with Crippen molar-refractivity contribution >= 4 is 12.5 Å². The van der Waals surface area contributed by atoms with Gasteiger partial charge in [-0.05, 0) is 20.3 Å². The van der Waals surface area contributed by atoms with Crippen LogP contribution in [0.1, 0.15) is 27.2 Å². The van der Waals surface area contributed by atoms with Crippen LogP contribution in [0.15, 0.2) is 35.6 Å². The normalized spacial score (nSPS) is 14.8. The molecule has 0 aromatic rings. The molecule has 88 valence electrons. The van der Waals surface area contributed by atoms with Crippen molar-refractivity contribution in [2.75, 3.05) is 0 Å². The highest BCUT2D eigenvalue weighted by molar-refractivity contribution is 5.86. The van der Waals surface area contributed by atoms with Crippen LogP contribution >= 0.6 is 0 Å². The van der Waals surface area contributed by atoms with Crippen molar-refractivity contribution in [3.8, 4) is 0 Å². The van der Waals surface area contributed by atoms with Gasteiger partial charge in [0.15, 0.2) is 0 Å². The summed E-state index contributed by atoms with van der Waals surface area (Å²) in [4.78, 5) is 10.6. The zero-order chi connectivity index (χ0) is 12.6. The topological polar surface area (TPSA) is 53.0 Å². The quantitative estimate of drug-likeness (QED) is 0.300. The summed E-state index contributed by atoms with van der Waals surface area (Å²) >= 11 is 0. The molecule has 0 rings (SSSR count). The Morgan fingerprint density at radius 1 is 1.56 bits per heavy atom. The minimum Gasteiger partial charge on any atom is -0.378 e. The number of nitrogens with one attached hydrogen (secondary N) is 2. The number of carbonyl (C=O) groups is 1. The molecular weight excluding hydrogens is 200 g/mol. The van der Waals surface area contributed by atoms with E-state index in [1.54, 1.807) is 6.92 Å². The number of hydrogen-bond donors (Lipinski definition) is 2. The Hall–Kier alpha value is -1.64. The molecule has 16 heavy (non-hydrogen) atoms. The number of carbonyl (C=O) groups excluding carboxylic acids is 1. The zero-order valence-electron chi connectivity index (χ0n) is 10.2. The van der Waals surface area contributed by atoms with Crippen molar-refractivity contribution in [2.45, 2.75) is 33.2 Å². The molecule has 0 fully saturated rings. The Bertz CT molecular complexity index is 327. The fraction of sp³-hybridized carbons (Fsp3) is 0.385. The van der Waals surface area contributed by atoms with Gasteiger partial charge in [-0.2, -0.15) is 0 Å². The fourth-order valence-electron chi connectivity index (χ4n) is 1.27. The summed E-state index contributed by atoms with van der Waals surface area (Å²) in [7, 11) is 0. The van der Waals surface area contributed by atoms with Crippen molar-refractivity contribution in [1.29, 1.82) is 5.41 Å². The average Bonchev–Trinajstić information content (AvgIpc) is 2.31. The van der Waals surface area contributed by atoms with Gasteiger partial charge in [0.05, 0.1) is 5.70 Å². The lowest BCUT2D eigenvalue weighted by Crippen LogP contribution is -2.25. The number of allylic oxidation sites excluding steroid dienone is 4. The lowest BCUT2D eigenvalue weighted by atomic mass is 10.1. The highest BCUT2D eigenvalue weighted by Gasteiger charge is 2.03. The summed E-state index contributed by atoms with van der Waals surface area (Å²) < 4.78 is 0. The van der Waals surface area contributed by atoms with Gasteiger partial charge < -0.3 is 10.7 Å². The zero-order valence-corrected chi connectivity index (χ0v) is 10.2. The first-order valence-corrected chi connectivity index (χ1v) is 5.35. The maximum Gasteiger partial charge on any atom is 0.147 e. The number of rotatable bonds is 7. The van der Waals surface area contributed by atoms with E-state index in [9.17, 15) is 4.79 Å². The smallest absolute Gasteiger partial charge is 0.147 e. The van der Waals surface area contributed by atoms with Crippen LogP contribution < -0.4 is 5.32 Å². The van der Waals surface area contributed by atoms with E-state index in [1.165, 1.54) is 0 Å². The third-order valence-corrected chi connectivity index (χ3v) is 2.26. The molecular formula is C13H20N2O. The van der Waals surface area contributed by atoms with Crippen molar-refractivity contribution in [3.05, 3.63) is 35.6 Å². The third kappa shape index (κ3) is 4.73. The van der Waals surface area contributed by atoms with E-state index in [4.69, 9.17) is 5.41 Å². The van der Waals surface area contributed by atoms with Crippen LogP contribution in [0.5, 0.6) is 0 Å². The molecule has 0 aliphatic heterocycles. The standard InChI is InChI=1S/C13H20N2O/c1-5-12(6-2)7-11(4)15-13(8-14)10(3)9-16/h5,7-9,11,14-15H,1,6H2,2-4H3/b12-7+,13-10+,14-8?. The minimum atomic E-state index is 0.0689. The van der Waals surface area contributed by atoms with E-state index < -0.39 is 0 Å². The van der Waals surface area contributed by atoms with Gasteiger partial charge >= 0.3 is 0 Å². The molecule has 0 aromatic carbocycles. The summed E-state index contributed by atoms with van der Waals surface area (Å²) in [5.41, 5.74) is 2.23. The Labute approximate surface area is 97.4 Å². The number of aldehydes is 1. The lowest BCUT2D eigenvalue weighted by molar-refractivity contribution is -0.104. The predicted molar refractivity (Wildman–Crippen MR) is 68.7 cm³/mol. The van der Waals surface area contributed by atoms with Crippen LogP contribution in [0.25, 0.3) is 0 Å². The lowest BCUT2D eigenvalue weighted by Gasteiger charge is -2.13. The van der Waals surface area contributed by atoms with Crippen molar-refractivity contribution in [3.63, 3.8) is 0 Å². The van der Waals surface area contributed by atoms with Crippen molar-refractivity contribution in [2.24, 2.45) is 0 Å². The van der Waals surface area contributed by atoms with Crippen LogP contribution in [0.4, 0.5) is 0 Å². The number of hydrogen-bond acceptors (Lipinski definition) is 3. The molecule has 0 radical (unpaired) electrons. The van der Waals surface area contributed by atoms with E-state index in [1.807, 2.05) is 19.1 Å². The van der Waals surface area contributed by atoms with Crippen LogP contribution in [0.2, 0.25) is 0 Å². The molecule has 0 heterocycles. The second-order valence-corrected chi connectivity index (χ2v) is 3.59. The molecule has 3 heteroatoms. The van der Waals surface area contributed by atoms with Crippen molar-refractivity contribution < 1.29 is 4.79 Å². The third-order valence-electron chi connectivity index (χ3n) is 2.26. The van der Waals surface area contributed by atoms with E-state index in [0.29, 0.717) is 11.3 Å². The van der Waals surface area contributed by atoms with Crippen LogP contribution in [-0.4, -0.2) is 18.5 Å². The largest absolute Gasteiger partial charge is 0.378 e. The molecule has 0 aliphatic rings. The van der Waals surface area contributed by atoms with Crippen molar-refractivity contribution in [1.82, 2.24) is 5.32 Å². The highest BCUT2D eigenvalue weighted by atomic mass is 16.1. The minimum absolute atomic E-state index is 0.0689. The Morgan fingerprint density at radius 3 is 2.56 bits per heavy atom. The molecule has 0 amide bonds. The van der Waals surface area contributed by atoms with Gasteiger partial charge in [0.1, 0.15) is 6.29 Å². The Kier molecular flexibility index (Phi) is 6.84. The first-order valence-electron chi connectivity index (χ1n) is 5.35. The molecule has 2 N–H and O–H groups in total. The molecule has 1 unspecified atom stereocenters. The first kappa shape index (κ1) is 14.4. The van der Waals surface area contributed by atoms with E-state index in [-0.39, 0.29) is 6.04 Å². The predicted octanol–water partition coefficient (Wildman–Crippen LogP) is 2.61. The van der Waals surface area contributed by atoms with Crippen LogP contribution in [0.3, 0.4) is 0 Å². The van der Waals surface area contributed by atoms with Crippen LogP contribution in [-0.2, 0) is 4.79 Å². The van der Waals surface area contributed by atoms with Gasteiger partial charge in [0.25, 0.3) is 0 Å². The van der Waals surface area contributed by atoms with E-state index >= 15 is 0 Å². The summed E-state index contributed by atoms with van der Waals surface area (Å²) in [6, 6.07) is 0.0689. The maximum absolute atomic E-state index is 10.6. The summed E-state index contributed by atoms with van der Waals surface area (Å²) in [6.45, 7) is 9.44. The molecule has 0 aliphatic carbocycles. The Morgan fingerprint density at radius 2 is 2.19 bits per heavy atom. The molecule has 3 nitrogen and oxygen atoms in total. The Balaban J connectivity index is 4.72. The molecule has 1 atom stereocenters. The molecule has 0 saturated heterocycles. The molecule has 0 saturated carbocycles. The summed E-state index contributed by atoms with van der Waals surface area (Å²) in [5, 5.41) is 10.3. The molecule has 0 spiro atoms. The van der Waals surface area contributed by atoms with Gasteiger partial charge in [-0.25, -0.2) is 0 Å².